The van der Waals surface area contributed by atoms with E-state index in [4.69, 9.17) is 0 Å². The molecular formula is C14H13FN6. The third kappa shape index (κ3) is 2.58. The van der Waals surface area contributed by atoms with Crippen LogP contribution in [0.2, 0.25) is 0 Å². The average molecular weight is 284 g/mol. The van der Waals surface area contributed by atoms with Crippen molar-refractivity contribution in [2.24, 2.45) is 5.10 Å². The quantitative estimate of drug-likeness (QED) is 0.692. The number of hydrogen-bond donors (Lipinski definition) is 0. The molecule has 0 radical (unpaired) electrons. The number of rotatable bonds is 3. The zero-order chi connectivity index (χ0) is 14.8. The Morgan fingerprint density at radius 2 is 1.76 bits per heavy atom. The third-order valence-electron chi connectivity index (χ3n) is 3.15. The van der Waals surface area contributed by atoms with E-state index >= 15 is 0 Å². The van der Waals surface area contributed by atoms with Crippen molar-refractivity contribution in [3.05, 3.63) is 59.7 Å². The summed E-state index contributed by atoms with van der Waals surface area (Å²) in [5, 5.41) is 16.1. The topological polar surface area (TPSA) is 60.9 Å². The molecule has 0 aliphatic carbocycles. The Hall–Kier alpha value is -2.83. The molecule has 7 heteroatoms. The molecule has 106 valence electrons. The van der Waals surface area contributed by atoms with Crippen molar-refractivity contribution in [2.45, 2.75) is 13.8 Å². The number of hydrogen-bond acceptors (Lipinski definition) is 4. The number of benzene rings is 1. The van der Waals surface area contributed by atoms with Crippen LogP contribution in [0, 0.1) is 19.7 Å². The van der Waals surface area contributed by atoms with Gasteiger partial charge in [0.1, 0.15) is 18.5 Å². The van der Waals surface area contributed by atoms with Gasteiger partial charge in [-0.25, -0.2) is 13.7 Å². The average Bonchev–Trinajstić information content (AvgIpc) is 3.07. The van der Waals surface area contributed by atoms with Gasteiger partial charge in [0, 0.05) is 5.56 Å². The van der Waals surface area contributed by atoms with Gasteiger partial charge in [-0.2, -0.15) is 10.2 Å². The first-order valence-corrected chi connectivity index (χ1v) is 6.36. The second kappa shape index (κ2) is 5.28. The Kier molecular flexibility index (Phi) is 3.31. The Bertz CT molecular complexity index is 771. The molecule has 0 N–H and O–H groups in total. The molecule has 0 unspecified atom stereocenters. The molecule has 0 aliphatic heterocycles. The van der Waals surface area contributed by atoms with Crippen molar-refractivity contribution in [2.75, 3.05) is 0 Å². The van der Waals surface area contributed by atoms with E-state index in [0.29, 0.717) is 0 Å². The summed E-state index contributed by atoms with van der Waals surface area (Å²) in [6.07, 6.45) is 4.72. The highest BCUT2D eigenvalue weighted by Crippen LogP contribution is 2.16. The number of halogens is 1. The fourth-order valence-electron chi connectivity index (χ4n) is 2.05. The van der Waals surface area contributed by atoms with Crippen molar-refractivity contribution in [1.29, 1.82) is 0 Å². The van der Waals surface area contributed by atoms with E-state index in [1.54, 1.807) is 23.0 Å². The third-order valence-corrected chi connectivity index (χ3v) is 3.15. The smallest absolute Gasteiger partial charge is 0.141 e. The molecule has 0 aliphatic rings. The summed E-state index contributed by atoms with van der Waals surface area (Å²) in [5.41, 5.74) is 3.48. The van der Waals surface area contributed by atoms with Gasteiger partial charge in [0.05, 0.1) is 23.3 Å². The maximum Gasteiger partial charge on any atom is 0.141 e. The van der Waals surface area contributed by atoms with Crippen molar-refractivity contribution >= 4 is 6.21 Å². The van der Waals surface area contributed by atoms with E-state index in [1.807, 2.05) is 13.8 Å². The molecule has 3 aromatic rings. The summed E-state index contributed by atoms with van der Waals surface area (Å²) < 4.78 is 16.3. The molecule has 0 spiro atoms. The van der Waals surface area contributed by atoms with Gasteiger partial charge >= 0.3 is 0 Å². The summed E-state index contributed by atoms with van der Waals surface area (Å²) in [7, 11) is 0. The Morgan fingerprint density at radius 3 is 2.43 bits per heavy atom. The number of nitrogens with zero attached hydrogens (tertiary/aromatic N) is 6. The van der Waals surface area contributed by atoms with Crippen LogP contribution in [-0.2, 0) is 0 Å². The van der Waals surface area contributed by atoms with Crippen molar-refractivity contribution in [1.82, 2.24) is 24.7 Å². The molecule has 0 fully saturated rings. The van der Waals surface area contributed by atoms with Crippen LogP contribution >= 0.6 is 0 Å². The van der Waals surface area contributed by atoms with Crippen LogP contribution in [0.1, 0.15) is 17.0 Å². The van der Waals surface area contributed by atoms with Crippen molar-refractivity contribution in [3.8, 4) is 5.69 Å². The molecule has 0 bridgehead atoms. The maximum atomic E-state index is 13.0. The van der Waals surface area contributed by atoms with Gasteiger partial charge in [0.2, 0.25) is 0 Å². The summed E-state index contributed by atoms with van der Waals surface area (Å²) in [4.78, 5) is 0. The predicted octanol–water partition coefficient (Wildman–Crippen LogP) is 2.10. The molecule has 0 amide bonds. The Morgan fingerprint density at radius 1 is 1.10 bits per heavy atom. The Labute approximate surface area is 120 Å². The van der Waals surface area contributed by atoms with E-state index in [2.05, 4.69) is 20.4 Å². The molecule has 21 heavy (non-hydrogen) atoms. The summed E-state index contributed by atoms with van der Waals surface area (Å²) in [6.45, 7) is 3.84. The summed E-state index contributed by atoms with van der Waals surface area (Å²) >= 11 is 0. The zero-order valence-corrected chi connectivity index (χ0v) is 11.6. The van der Waals surface area contributed by atoms with E-state index in [-0.39, 0.29) is 5.82 Å². The van der Waals surface area contributed by atoms with E-state index in [9.17, 15) is 4.39 Å². The van der Waals surface area contributed by atoms with Gasteiger partial charge in [0.25, 0.3) is 0 Å². The maximum absolute atomic E-state index is 13.0. The molecule has 0 atom stereocenters. The summed E-state index contributed by atoms with van der Waals surface area (Å²) in [5.74, 6) is -0.269. The molecule has 2 heterocycles. The van der Waals surface area contributed by atoms with E-state index in [0.717, 1.165) is 22.6 Å². The largest absolute Gasteiger partial charge is 0.237 e. The second-order valence-corrected chi connectivity index (χ2v) is 4.56. The first kappa shape index (κ1) is 13.2. The predicted molar refractivity (Wildman–Crippen MR) is 76.0 cm³/mol. The van der Waals surface area contributed by atoms with Crippen LogP contribution in [0.4, 0.5) is 4.39 Å². The lowest BCUT2D eigenvalue weighted by Gasteiger charge is -2.04. The molecule has 0 saturated carbocycles. The van der Waals surface area contributed by atoms with Gasteiger partial charge in [-0.1, -0.05) is 0 Å². The highest BCUT2D eigenvalue weighted by molar-refractivity contribution is 5.82. The number of aryl methyl sites for hydroxylation is 1. The van der Waals surface area contributed by atoms with Crippen molar-refractivity contribution in [3.63, 3.8) is 0 Å². The highest BCUT2D eigenvalue weighted by Gasteiger charge is 2.11. The van der Waals surface area contributed by atoms with Crippen LogP contribution in [0.3, 0.4) is 0 Å². The van der Waals surface area contributed by atoms with Crippen LogP contribution in [0.25, 0.3) is 5.69 Å². The normalized spacial score (nSPS) is 11.4. The molecule has 0 saturated heterocycles. The minimum atomic E-state index is -0.269. The molecule has 1 aromatic carbocycles. The minimum Gasteiger partial charge on any atom is -0.237 e. The van der Waals surface area contributed by atoms with Gasteiger partial charge in [-0.3, -0.25) is 0 Å². The lowest BCUT2D eigenvalue weighted by molar-refractivity contribution is 0.627. The van der Waals surface area contributed by atoms with Crippen LogP contribution in [0.5, 0.6) is 0 Å². The van der Waals surface area contributed by atoms with E-state index < -0.39 is 0 Å². The fourth-order valence-corrected chi connectivity index (χ4v) is 2.05. The Balaban J connectivity index is 1.98. The van der Waals surface area contributed by atoms with Crippen LogP contribution < -0.4 is 0 Å². The molecule has 2 aromatic heterocycles. The van der Waals surface area contributed by atoms with Crippen LogP contribution in [0.15, 0.2) is 42.0 Å². The van der Waals surface area contributed by atoms with E-state index in [1.165, 1.54) is 29.5 Å². The van der Waals surface area contributed by atoms with Crippen LogP contribution in [-0.4, -0.2) is 30.9 Å². The first-order valence-electron chi connectivity index (χ1n) is 6.36. The van der Waals surface area contributed by atoms with Crippen molar-refractivity contribution < 1.29 is 4.39 Å². The van der Waals surface area contributed by atoms with Gasteiger partial charge in [-0.15, -0.1) is 10.2 Å². The summed E-state index contributed by atoms with van der Waals surface area (Å²) in [6, 6.07) is 6.21. The van der Waals surface area contributed by atoms with Gasteiger partial charge in [0.15, 0.2) is 0 Å². The van der Waals surface area contributed by atoms with Gasteiger partial charge in [-0.05, 0) is 38.1 Å². The second-order valence-electron chi connectivity index (χ2n) is 4.56. The molecule has 6 nitrogen and oxygen atoms in total. The number of aromatic nitrogens is 5. The first-order chi connectivity index (χ1) is 10.1. The lowest BCUT2D eigenvalue weighted by Crippen LogP contribution is -1.99. The molecule has 3 rings (SSSR count). The minimum absolute atomic E-state index is 0.269. The molecular weight excluding hydrogens is 271 g/mol. The standard InChI is InChI=1S/C14H13FN6/c1-10-14(7-18-20-8-16-17-9-20)11(2)21(19-10)13-5-3-12(15)4-6-13/h3-9H,1-2H3/b18-7+. The highest BCUT2D eigenvalue weighted by atomic mass is 19.1. The SMILES string of the molecule is Cc1nn(-c2ccc(F)cc2)c(C)c1/C=N/n1cnnc1. The van der Waals surface area contributed by atoms with Gasteiger partial charge < -0.3 is 0 Å². The monoisotopic (exact) mass is 284 g/mol. The lowest BCUT2D eigenvalue weighted by atomic mass is 10.2. The fraction of sp³-hybridized carbons (Fsp3) is 0.143. The zero-order valence-electron chi connectivity index (χ0n) is 11.6.